The van der Waals surface area contributed by atoms with E-state index >= 15 is 0 Å². The largest absolute Gasteiger partial charge is 0.312 e. The zero-order chi connectivity index (χ0) is 18.7. The topological polar surface area (TPSA) is 0 Å². The Morgan fingerprint density at radius 1 is 0.826 bits per heavy atom. The molecule has 0 radical (unpaired) electrons. The van der Waals surface area contributed by atoms with E-state index in [1.165, 1.54) is 0 Å². The van der Waals surface area contributed by atoms with Crippen molar-refractivity contribution in [2.24, 2.45) is 0 Å². The van der Waals surface area contributed by atoms with Crippen LogP contribution in [0.1, 0.15) is 17.5 Å². The molecule has 0 bridgehead atoms. The lowest BCUT2D eigenvalue weighted by Gasteiger charge is -2.49. The molecule has 0 saturated heterocycles. The standard InChI is InChI=1S/C11H12F10S2/c1-3-4-5-9-7-6-8(2)10(22(12,13,14,15)16)11(9)23(17,18,19,20)21/h3,6-7H,1,4-5H2,2H3. The van der Waals surface area contributed by atoms with E-state index < -0.39 is 54.2 Å². The van der Waals surface area contributed by atoms with E-state index in [9.17, 15) is 38.9 Å². The molecule has 0 spiro atoms. The van der Waals surface area contributed by atoms with Gasteiger partial charge in [-0.25, -0.2) is 0 Å². The van der Waals surface area contributed by atoms with Crippen LogP contribution in [0.3, 0.4) is 0 Å². The average Bonchev–Trinajstić information content (AvgIpc) is 2.20. The molecule has 138 valence electrons. The van der Waals surface area contributed by atoms with E-state index in [0.717, 1.165) is 6.08 Å². The van der Waals surface area contributed by atoms with Gasteiger partial charge in [0.15, 0.2) is 0 Å². The van der Waals surface area contributed by atoms with Crippen LogP contribution < -0.4 is 0 Å². The van der Waals surface area contributed by atoms with E-state index in [1.54, 1.807) is 0 Å². The lowest BCUT2D eigenvalue weighted by molar-refractivity contribution is 0.333. The molecule has 0 aliphatic rings. The van der Waals surface area contributed by atoms with Crippen LogP contribution in [-0.2, 0) is 6.42 Å². The van der Waals surface area contributed by atoms with E-state index in [-0.39, 0.29) is 6.92 Å². The number of rotatable bonds is 5. The number of aryl methyl sites for hydroxylation is 2. The van der Waals surface area contributed by atoms with E-state index in [1.807, 2.05) is 0 Å². The van der Waals surface area contributed by atoms with Crippen molar-refractivity contribution in [2.75, 3.05) is 0 Å². The molecule has 0 saturated carbocycles. The number of hydrogen-bond donors (Lipinski definition) is 0. The van der Waals surface area contributed by atoms with Crippen LogP contribution in [0.5, 0.6) is 0 Å². The first kappa shape index (κ1) is 20.0. The van der Waals surface area contributed by atoms with Crippen LogP contribution in [0.4, 0.5) is 38.9 Å². The maximum Gasteiger partial charge on any atom is 0.312 e. The fourth-order valence-corrected chi connectivity index (χ4v) is 5.34. The highest BCUT2D eigenvalue weighted by atomic mass is 32.5. The summed E-state index contributed by atoms with van der Waals surface area (Å²) in [5, 5.41) is 0. The van der Waals surface area contributed by atoms with Gasteiger partial charge < -0.3 is 0 Å². The van der Waals surface area contributed by atoms with Gasteiger partial charge in [0.1, 0.15) is 9.79 Å². The Morgan fingerprint density at radius 3 is 1.61 bits per heavy atom. The van der Waals surface area contributed by atoms with Crippen LogP contribution in [0.15, 0.2) is 34.6 Å². The first-order valence-corrected chi connectivity index (χ1v) is 9.68. The Balaban J connectivity index is 4.13. The molecule has 0 atom stereocenters. The van der Waals surface area contributed by atoms with Gasteiger partial charge in [0.25, 0.3) is 0 Å². The Hall–Kier alpha value is -1.04. The predicted molar refractivity (Wildman–Crippen MR) is 72.5 cm³/mol. The molecule has 0 aromatic heterocycles. The van der Waals surface area contributed by atoms with Crippen molar-refractivity contribution in [3.63, 3.8) is 0 Å². The zero-order valence-corrected chi connectivity index (χ0v) is 13.1. The SMILES string of the molecule is C=CCCc1ccc(C)c(S(F)(F)(F)(F)F)c1S(F)(F)(F)(F)F. The number of hydrogen-bond acceptors (Lipinski definition) is 0. The molecular weight excluding hydrogens is 386 g/mol. The van der Waals surface area contributed by atoms with Crippen molar-refractivity contribution >= 4 is 20.4 Å². The average molecular weight is 398 g/mol. The van der Waals surface area contributed by atoms with Crippen molar-refractivity contribution in [3.8, 4) is 0 Å². The zero-order valence-electron chi connectivity index (χ0n) is 11.4. The third kappa shape index (κ3) is 4.72. The van der Waals surface area contributed by atoms with Crippen molar-refractivity contribution in [3.05, 3.63) is 35.9 Å². The van der Waals surface area contributed by atoms with Crippen LogP contribution in [0.2, 0.25) is 0 Å². The Morgan fingerprint density at radius 2 is 1.26 bits per heavy atom. The van der Waals surface area contributed by atoms with Crippen molar-refractivity contribution in [1.29, 1.82) is 0 Å². The first-order chi connectivity index (χ1) is 9.56. The molecule has 0 aliphatic carbocycles. The molecule has 0 aliphatic heterocycles. The summed E-state index contributed by atoms with van der Waals surface area (Å²) in [5.74, 6) is 0. The van der Waals surface area contributed by atoms with Crippen molar-refractivity contribution < 1.29 is 38.9 Å². The van der Waals surface area contributed by atoms with Gasteiger partial charge in [0, 0.05) is 0 Å². The maximum absolute atomic E-state index is 13.1. The second kappa shape index (κ2) is 3.95. The van der Waals surface area contributed by atoms with E-state index in [4.69, 9.17) is 0 Å². The summed E-state index contributed by atoms with van der Waals surface area (Å²) in [7, 11) is -22.1. The van der Waals surface area contributed by atoms with Gasteiger partial charge in [-0.1, -0.05) is 57.1 Å². The predicted octanol–water partition coefficient (Wildman–Crippen LogP) is 8.43. The summed E-state index contributed by atoms with van der Waals surface area (Å²) < 4.78 is 131. The minimum Gasteiger partial charge on any atom is -0.103 e. The van der Waals surface area contributed by atoms with Gasteiger partial charge in [-0.05, 0) is 30.9 Å². The minimum absolute atomic E-state index is 0.275. The summed E-state index contributed by atoms with van der Waals surface area (Å²) >= 11 is 0. The summed E-state index contributed by atoms with van der Waals surface area (Å²) in [6, 6.07) is 0.664. The highest BCUT2D eigenvalue weighted by Gasteiger charge is 2.76. The van der Waals surface area contributed by atoms with Crippen LogP contribution in [-0.4, -0.2) is 0 Å². The summed E-state index contributed by atoms with van der Waals surface area (Å²) in [4.78, 5) is -7.11. The molecule has 23 heavy (non-hydrogen) atoms. The number of allylic oxidation sites excluding steroid dienone is 1. The number of benzene rings is 1. The summed E-state index contributed by atoms with van der Waals surface area (Å²) in [6.07, 6.45) is -0.371. The molecule has 0 nitrogen and oxygen atoms in total. The van der Waals surface area contributed by atoms with Gasteiger partial charge in [0.2, 0.25) is 0 Å². The lowest BCUT2D eigenvalue weighted by Crippen LogP contribution is -2.19. The lowest BCUT2D eigenvalue weighted by atomic mass is 10.1. The second-order valence-corrected chi connectivity index (χ2v) is 9.66. The molecule has 0 fully saturated rings. The molecule has 1 aromatic rings. The normalized spacial score (nSPS) is 19.3. The Labute approximate surface area is 125 Å². The Kier molecular flexibility index (Phi) is 3.44. The van der Waals surface area contributed by atoms with Crippen molar-refractivity contribution in [1.82, 2.24) is 0 Å². The van der Waals surface area contributed by atoms with Gasteiger partial charge in [-0.15, -0.1) is 6.58 Å². The van der Waals surface area contributed by atoms with Gasteiger partial charge in [-0.2, -0.15) is 0 Å². The first-order valence-electron chi connectivity index (χ1n) is 5.78. The number of halogens is 10. The second-order valence-electron chi connectivity index (χ2n) is 4.97. The molecule has 12 heteroatoms. The minimum atomic E-state index is -11.0. The Bertz CT molecular complexity index is 669. The highest BCUT2D eigenvalue weighted by molar-refractivity contribution is 8.48. The maximum atomic E-state index is 13.1. The highest BCUT2D eigenvalue weighted by Crippen LogP contribution is 3.09. The fourth-order valence-electron chi connectivity index (χ4n) is 2.06. The fraction of sp³-hybridized carbons (Fsp3) is 0.273. The molecule has 0 unspecified atom stereocenters. The molecule has 0 N–H and O–H groups in total. The molecule has 1 rings (SSSR count). The molecule has 0 heterocycles. The third-order valence-electron chi connectivity index (χ3n) is 2.78. The third-order valence-corrected chi connectivity index (χ3v) is 5.44. The van der Waals surface area contributed by atoms with Gasteiger partial charge in [-0.3, -0.25) is 0 Å². The summed E-state index contributed by atoms with van der Waals surface area (Å²) in [5.41, 5.74) is -3.16. The quantitative estimate of drug-likeness (QED) is 0.345. The van der Waals surface area contributed by atoms with Crippen LogP contribution in [0, 0.1) is 6.92 Å². The monoisotopic (exact) mass is 398 g/mol. The van der Waals surface area contributed by atoms with Crippen molar-refractivity contribution in [2.45, 2.75) is 29.6 Å². The van der Waals surface area contributed by atoms with Crippen LogP contribution in [0.25, 0.3) is 0 Å². The van der Waals surface area contributed by atoms with Gasteiger partial charge in [0.05, 0.1) is 0 Å². The van der Waals surface area contributed by atoms with Gasteiger partial charge >= 0.3 is 20.4 Å². The van der Waals surface area contributed by atoms with Crippen LogP contribution >= 0.6 is 20.4 Å². The molecular formula is C11H12F10S2. The summed E-state index contributed by atoms with van der Waals surface area (Å²) in [6.45, 7) is 3.37. The van der Waals surface area contributed by atoms with E-state index in [0.29, 0.717) is 12.1 Å². The molecule has 0 amide bonds. The molecule has 1 aromatic carbocycles. The smallest absolute Gasteiger partial charge is 0.103 e. The van der Waals surface area contributed by atoms with E-state index in [2.05, 4.69) is 6.58 Å².